The molecule has 8 aliphatic rings. The summed E-state index contributed by atoms with van der Waals surface area (Å²) in [7, 11) is 1.67. The number of aliphatic hydroxyl groups excluding tert-OH is 6. The highest BCUT2D eigenvalue weighted by Crippen LogP contribution is 2.57. The molecule has 596 valence electrons. The third-order valence-corrected chi connectivity index (χ3v) is 27.5. The quantitative estimate of drug-likeness (QED) is 0.0456. The van der Waals surface area contributed by atoms with Gasteiger partial charge in [0.05, 0.1) is 154 Å². The lowest BCUT2D eigenvalue weighted by molar-refractivity contribution is -0.129. The van der Waals surface area contributed by atoms with E-state index in [1.807, 2.05) is 81.0 Å². The van der Waals surface area contributed by atoms with Gasteiger partial charge >= 0.3 is 0 Å². The molecule has 17 rings (SSSR count). The molecule has 8 aliphatic heterocycles. The van der Waals surface area contributed by atoms with E-state index < -0.39 is 72.0 Å². The topological polar surface area (TPSA) is 338 Å². The van der Waals surface area contributed by atoms with E-state index in [-0.39, 0.29) is 68.2 Å². The molecule has 0 radical (unpaired) electrons. The first-order chi connectivity index (χ1) is 52.7. The Morgan fingerprint density at radius 3 is 1.11 bits per heavy atom. The van der Waals surface area contributed by atoms with E-state index in [0.29, 0.717) is 81.6 Å². The molecule has 0 saturated carbocycles. The maximum atomic E-state index is 12.6. The van der Waals surface area contributed by atoms with Gasteiger partial charge in [-0.15, -0.1) is 65.7 Å². The highest BCUT2D eigenvalue weighted by Gasteiger charge is 2.53. The lowest BCUT2D eigenvalue weighted by Gasteiger charge is -2.46. The molecule has 8 aromatic heterocycles. The molecular formula is C73H92Cl4F2N16O11S4. The van der Waals surface area contributed by atoms with Crippen LogP contribution in [0.15, 0.2) is 79.4 Å². The van der Waals surface area contributed by atoms with E-state index in [1.165, 1.54) is 45.3 Å². The highest BCUT2D eigenvalue weighted by atomic mass is 35.5. The number of hydrogen-bond acceptors (Lipinski definition) is 27. The number of halogens is 6. The van der Waals surface area contributed by atoms with E-state index in [2.05, 4.69) is 83.3 Å². The summed E-state index contributed by atoms with van der Waals surface area (Å²) in [5.41, 5.74) is 5.48. The van der Waals surface area contributed by atoms with Crippen LogP contribution in [0.2, 0.25) is 17.3 Å². The number of benzene rings is 1. The number of aliphatic hydroxyl groups is 6. The number of hydrogen-bond donors (Lipinski definition) is 10. The van der Waals surface area contributed by atoms with Gasteiger partial charge in [0.15, 0.2) is 0 Å². The number of nitrogens with zero attached hydrogens (tertiary/aromatic N) is 12. The van der Waals surface area contributed by atoms with Crippen molar-refractivity contribution in [1.82, 2.24) is 81.2 Å². The summed E-state index contributed by atoms with van der Waals surface area (Å²) in [4.78, 5) is 4.03. The number of aromatic nitrogens is 12. The number of fused-ring (bicyclic) bond motifs is 8. The second-order valence-corrected chi connectivity index (χ2v) is 36.8. The minimum absolute atomic E-state index is 0.0229. The largest absolute Gasteiger partial charge is 0.391 e. The van der Waals surface area contributed by atoms with E-state index in [1.54, 1.807) is 33.4 Å². The van der Waals surface area contributed by atoms with Crippen molar-refractivity contribution in [1.29, 1.82) is 0 Å². The average molecular weight is 1680 g/mol. The van der Waals surface area contributed by atoms with Gasteiger partial charge < -0.3 is 75.6 Å². The number of alkyl halides is 2. The number of rotatable bonds is 15. The van der Waals surface area contributed by atoms with Gasteiger partial charge in [-0.1, -0.05) is 105 Å². The van der Waals surface area contributed by atoms with Crippen molar-refractivity contribution >= 4 is 91.8 Å². The van der Waals surface area contributed by atoms with Crippen LogP contribution in [-0.4, -0.2) is 167 Å². The van der Waals surface area contributed by atoms with Gasteiger partial charge in [-0.3, -0.25) is 0 Å². The predicted molar refractivity (Wildman–Crippen MR) is 412 cm³/mol. The summed E-state index contributed by atoms with van der Waals surface area (Å²) < 4.78 is 64.1. The Morgan fingerprint density at radius 1 is 0.482 bits per heavy atom. The standard InChI is InChI=1S/C22H25ClN4O3S.C18H25ClN4O3S.C17H23ClN4O3S.C16H19ClF2N4O2S/c1-13-8-22(21-15(7-20(23)31-21)19(29)12-30-22)9-16(24-13)17-10-27(26-25-17)11-18(28)14-5-3-2-4-6-14;1-3-11(24)7-23-8-14(21-22-23)13-6-18(5-10(2)20-13)17-12(4-16(19)27-17)15(25)9-26-18;1-10-6-17(16-11(5-15(18)26-16)14(23)9-25-17)7-12(19-10)13-8-22(21-20-13)3-4-24-2;1-8-3-16(15-9(2-13(17)26-15)12(24)7-25-16)4-10(20-8)11-5-23(22-21-11)6-14(18)19/h2-7,10,13,16,18-19,24,28-29H,8-9,11-12H2,1H3;4,8,10-11,13,15,20,24-25H,3,5-7,9H2,1-2H3;5,8,10,12,14,19,23H,3-4,6-7,9H2,1-2H3;2,5,8,10,12,14,20,24H,3-4,6-7H2,1H3/t13-,16-,18?,19+,22-;10-,11?,13-,15+,18-;10-,12-,14+,17-;8-,10-,12+,16-/m0000/s1. The molecule has 4 fully saturated rings. The van der Waals surface area contributed by atoms with Crippen LogP contribution in [0.3, 0.4) is 0 Å². The summed E-state index contributed by atoms with van der Waals surface area (Å²) in [6.07, 6.45) is 7.67. The van der Waals surface area contributed by atoms with Crippen molar-refractivity contribution < 1.29 is 63.1 Å². The third-order valence-electron chi connectivity index (χ3n) is 21.6. The molecule has 10 N–H and O–H groups in total. The van der Waals surface area contributed by atoms with Crippen LogP contribution in [0.25, 0.3) is 0 Å². The van der Waals surface area contributed by atoms with Crippen LogP contribution < -0.4 is 21.3 Å². The molecule has 37 heteroatoms. The normalized spacial score (nSPS) is 30.9. The second kappa shape index (κ2) is 34.4. The average Bonchev–Trinajstić information content (AvgIpc) is 1.53. The SMILES string of the molecule is CCC(O)Cn1cc([C@@H]2C[C@]3(C[C@H](C)N2)OC[C@@H](O)c2cc(Cl)sc23)nn1.COCCn1cc([C@@H]2C[C@]3(C[C@H](C)N2)OC[C@@H](O)c2cc(Cl)sc23)nn1.C[C@H]1C[C@@]2(C[C@@H](c3cn(CC(F)F)nn3)N1)OC[C@@H](O)c1cc(Cl)sc12.C[C@H]1C[C@@]2(C[C@@H](c3cn(CC(O)c4ccccc4)nn3)N1)OC[C@@H](O)c1cc(Cl)sc12. The number of ether oxygens (including phenoxy) is 5. The van der Waals surface area contributed by atoms with Gasteiger partial charge in [-0.05, 0) is 89.6 Å². The molecule has 4 spiro atoms. The maximum absolute atomic E-state index is 12.6. The maximum Gasteiger partial charge on any atom is 0.257 e. The molecule has 16 heterocycles. The fraction of sp³-hybridized carbons (Fsp3) is 0.589. The van der Waals surface area contributed by atoms with Crippen molar-refractivity contribution in [3.8, 4) is 0 Å². The Balaban J connectivity index is 0.000000123. The molecule has 2 unspecified atom stereocenters. The van der Waals surface area contributed by atoms with Crippen LogP contribution >= 0.6 is 91.8 Å². The molecule has 0 amide bonds. The molecule has 9 aromatic rings. The summed E-state index contributed by atoms with van der Waals surface area (Å²) in [6.45, 7) is 13.0. The molecule has 4 saturated heterocycles. The van der Waals surface area contributed by atoms with Crippen LogP contribution in [-0.2, 0) is 72.3 Å². The molecule has 0 bridgehead atoms. The van der Waals surface area contributed by atoms with Gasteiger partial charge in [0.2, 0.25) is 0 Å². The van der Waals surface area contributed by atoms with E-state index in [9.17, 15) is 39.4 Å². The predicted octanol–water partition coefficient (Wildman–Crippen LogP) is 11.5. The van der Waals surface area contributed by atoms with E-state index >= 15 is 0 Å². The Morgan fingerprint density at radius 2 is 0.791 bits per heavy atom. The molecule has 110 heavy (non-hydrogen) atoms. The smallest absolute Gasteiger partial charge is 0.257 e. The molecular weight excluding hydrogens is 1580 g/mol. The van der Waals surface area contributed by atoms with E-state index in [0.717, 1.165) is 101 Å². The zero-order valence-electron chi connectivity index (χ0n) is 61.4. The van der Waals surface area contributed by atoms with Crippen LogP contribution in [0.4, 0.5) is 8.78 Å². The fourth-order valence-corrected chi connectivity index (χ4v) is 22.6. The summed E-state index contributed by atoms with van der Waals surface area (Å²) in [5.74, 6) is 0. The number of piperidine rings is 4. The lowest BCUT2D eigenvalue weighted by Crippen LogP contribution is -2.50. The zero-order chi connectivity index (χ0) is 77.6. The molecule has 27 nitrogen and oxygen atoms in total. The van der Waals surface area contributed by atoms with Crippen molar-refractivity contribution in [2.24, 2.45) is 0 Å². The fourth-order valence-electron chi connectivity index (χ4n) is 16.8. The third kappa shape index (κ3) is 17.9. The van der Waals surface area contributed by atoms with Gasteiger partial charge in [-0.2, -0.15) is 0 Å². The van der Waals surface area contributed by atoms with E-state index in [4.69, 9.17) is 70.1 Å². The summed E-state index contributed by atoms with van der Waals surface area (Å²) in [6, 6.07) is 17.4. The second-order valence-electron chi connectivity index (χ2n) is 30.1. The van der Waals surface area contributed by atoms with Crippen molar-refractivity contribution in [3.05, 3.63) is 167 Å². The van der Waals surface area contributed by atoms with Gasteiger partial charge in [-0.25, -0.2) is 27.5 Å². The first-order valence-corrected chi connectivity index (χ1v) is 41.8. The Bertz CT molecular complexity index is 4570. The Labute approximate surface area is 670 Å². The first kappa shape index (κ1) is 81.6. The number of methoxy groups -OCH3 is 1. The van der Waals surface area contributed by atoms with Crippen LogP contribution in [0.1, 0.15) is 217 Å². The highest BCUT2D eigenvalue weighted by molar-refractivity contribution is 7.17. The Hall–Kier alpha value is -5.00. The Kier molecular flexibility index (Phi) is 25.5. The van der Waals surface area contributed by atoms with Crippen molar-refractivity contribution in [3.63, 3.8) is 0 Å². The van der Waals surface area contributed by atoms with Gasteiger partial charge in [0, 0.05) is 98.7 Å². The summed E-state index contributed by atoms with van der Waals surface area (Å²) in [5, 5.41) is 109. The first-order valence-electron chi connectivity index (χ1n) is 37.0. The molecule has 1 aromatic carbocycles. The number of thiophene rings is 4. The van der Waals surface area contributed by atoms with Crippen molar-refractivity contribution in [2.75, 3.05) is 40.1 Å². The van der Waals surface area contributed by atoms with Gasteiger partial charge in [0.1, 0.15) is 53.4 Å². The van der Waals surface area contributed by atoms with Crippen molar-refractivity contribution in [2.45, 2.75) is 232 Å². The number of nitrogens with one attached hydrogen (secondary N) is 4. The lowest BCUT2D eigenvalue weighted by atomic mass is 9.79. The van der Waals surface area contributed by atoms with Crippen LogP contribution in [0, 0.1) is 0 Å². The molecule has 18 atom stereocenters. The van der Waals surface area contributed by atoms with Gasteiger partial charge in [0.25, 0.3) is 6.43 Å². The minimum Gasteiger partial charge on any atom is -0.391 e. The summed E-state index contributed by atoms with van der Waals surface area (Å²) >= 11 is 30.9. The molecule has 0 aliphatic carbocycles. The monoisotopic (exact) mass is 1670 g/mol. The minimum atomic E-state index is -2.48. The van der Waals surface area contributed by atoms with Crippen LogP contribution in [0.5, 0.6) is 0 Å². The zero-order valence-corrected chi connectivity index (χ0v) is 67.7.